The molecule has 1 aliphatic carbocycles. The Kier molecular flexibility index (Phi) is 4.46. The van der Waals surface area contributed by atoms with Crippen LogP contribution in [0, 0.1) is 5.92 Å². The molecule has 2 nitrogen and oxygen atoms in total. The van der Waals surface area contributed by atoms with Crippen molar-refractivity contribution in [1.29, 1.82) is 0 Å². The Bertz CT molecular complexity index is 169. The summed E-state index contributed by atoms with van der Waals surface area (Å²) < 4.78 is 0. The molecule has 1 rings (SSSR count). The lowest BCUT2D eigenvalue weighted by molar-refractivity contribution is 0.114. The Morgan fingerprint density at radius 3 is 2.54 bits per heavy atom. The van der Waals surface area contributed by atoms with Crippen LogP contribution in [0.5, 0.6) is 0 Å². The number of hydrogen-bond acceptors (Lipinski definition) is 2. The van der Waals surface area contributed by atoms with Crippen molar-refractivity contribution in [3.63, 3.8) is 0 Å². The van der Waals surface area contributed by atoms with Crippen molar-refractivity contribution in [2.45, 2.75) is 45.1 Å². The van der Waals surface area contributed by atoms with Gasteiger partial charge in [0.25, 0.3) is 0 Å². The van der Waals surface area contributed by atoms with E-state index in [-0.39, 0.29) is 12.7 Å². The summed E-state index contributed by atoms with van der Waals surface area (Å²) in [5.41, 5.74) is 0.925. The van der Waals surface area contributed by atoms with Gasteiger partial charge in [-0.2, -0.15) is 0 Å². The van der Waals surface area contributed by atoms with Crippen LogP contribution in [0.3, 0.4) is 0 Å². The van der Waals surface area contributed by atoms with Crippen LogP contribution in [0.25, 0.3) is 0 Å². The van der Waals surface area contributed by atoms with E-state index in [1.165, 1.54) is 19.3 Å². The van der Waals surface area contributed by atoms with Crippen molar-refractivity contribution < 1.29 is 10.2 Å². The van der Waals surface area contributed by atoms with Crippen LogP contribution in [-0.4, -0.2) is 22.9 Å². The van der Waals surface area contributed by atoms with Gasteiger partial charge in [-0.3, -0.25) is 0 Å². The van der Waals surface area contributed by atoms with E-state index in [0.29, 0.717) is 5.92 Å². The lowest BCUT2D eigenvalue weighted by Crippen LogP contribution is -2.24. The minimum Gasteiger partial charge on any atom is -0.392 e. The molecule has 0 aliphatic heterocycles. The van der Waals surface area contributed by atoms with Crippen LogP contribution in [0.15, 0.2) is 11.6 Å². The van der Waals surface area contributed by atoms with Crippen LogP contribution in [0.1, 0.15) is 39.0 Å². The Hall–Kier alpha value is -0.340. The summed E-state index contributed by atoms with van der Waals surface area (Å²) in [6.45, 7) is 1.94. The second-order valence-corrected chi connectivity index (χ2v) is 3.97. The van der Waals surface area contributed by atoms with Crippen LogP contribution >= 0.6 is 0 Å². The second-order valence-electron chi connectivity index (χ2n) is 3.97. The van der Waals surface area contributed by atoms with Crippen molar-refractivity contribution in [2.24, 2.45) is 5.92 Å². The molecule has 0 heterocycles. The highest BCUT2D eigenvalue weighted by Gasteiger charge is 2.22. The number of aliphatic hydroxyl groups is 2. The van der Waals surface area contributed by atoms with Crippen molar-refractivity contribution in [2.75, 3.05) is 6.61 Å². The Morgan fingerprint density at radius 2 is 2.00 bits per heavy atom. The molecule has 1 saturated carbocycles. The maximum Gasteiger partial charge on any atom is 0.0776 e. The van der Waals surface area contributed by atoms with Crippen molar-refractivity contribution >= 4 is 0 Å². The maximum absolute atomic E-state index is 9.89. The minimum atomic E-state index is -0.326. The third-order valence-electron chi connectivity index (χ3n) is 2.98. The SMILES string of the molecule is C/C(=C/CO)C(O)C1CCCCC1. The topological polar surface area (TPSA) is 40.5 Å². The zero-order valence-corrected chi connectivity index (χ0v) is 8.37. The summed E-state index contributed by atoms with van der Waals surface area (Å²) in [6, 6.07) is 0. The summed E-state index contributed by atoms with van der Waals surface area (Å²) in [5, 5.41) is 18.6. The Balaban J connectivity index is 2.44. The average molecular weight is 184 g/mol. The van der Waals surface area contributed by atoms with Crippen molar-refractivity contribution in [3.8, 4) is 0 Å². The van der Waals surface area contributed by atoms with Gasteiger partial charge in [-0.05, 0) is 31.3 Å². The predicted molar refractivity (Wildman–Crippen MR) is 53.4 cm³/mol. The first-order valence-electron chi connectivity index (χ1n) is 5.21. The quantitative estimate of drug-likeness (QED) is 0.657. The van der Waals surface area contributed by atoms with E-state index in [2.05, 4.69) is 0 Å². The number of hydrogen-bond donors (Lipinski definition) is 2. The first kappa shape index (κ1) is 10.7. The van der Waals surface area contributed by atoms with Gasteiger partial charge >= 0.3 is 0 Å². The van der Waals surface area contributed by atoms with Gasteiger partial charge in [0.15, 0.2) is 0 Å². The zero-order chi connectivity index (χ0) is 9.68. The molecule has 0 aromatic heterocycles. The Morgan fingerprint density at radius 1 is 1.38 bits per heavy atom. The largest absolute Gasteiger partial charge is 0.392 e. The molecule has 76 valence electrons. The zero-order valence-electron chi connectivity index (χ0n) is 8.37. The minimum absolute atomic E-state index is 0.0373. The molecule has 1 unspecified atom stereocenters. The van der Waals surface area contributed by atoms with E-state index in [4.69, 9.17) is 5.11 Å². The molecule has 0 saturated heterocycles. The van der Waals surface area contributed by atoms with E-state index in [1.54, 1.807) is 6.08 Å². The van der Waals surface area contributed by atoms with Crippen molar-refractivity contribution in [1.82, 2.24) is 0 Å². The van der Waals surface area contributed by atoms with Crippen LogP contribution in [-0.2, 0) is 0 Å². The van der Waals surface area contributed by atoms with Gasteiger partial charge in [0.2, 0.25) is 0 Å². The summed E-state index contributed by atoms with van der Waals surface area (Å²) >= 11 is 0. The molecule has 0 bridgehead atoms. The average Bonchev–Trinajstić information content (AvgIpc) is 2.18. The molecule has 1 fully saturated rings. The third-order valence-corrected chi connectivity index (χ3v) is 2.98. The van der Waals surface area contributed by atoms with Gasteiger partial charge in [-0.15, -0.1) is 0 Å². The molecule has 2 heteroatoms. The van der Waals surface area contributed by atoms with Gasteiger partial charge in [0, 0.05) is 0 Å². The first-order valence-corrected chi connectivity index (χ1v) is 5.21. The molecular weight excluding hydrogens is 164 g/mol. The standard InChI is InChI=1S/C11H20O2/c1-9(7-8-12)11(13)10-5-3-2-4-6-10/h7,10-13H,2-6,8H2,1H3/b9-7-. The summed E-state index contributed by atoms with van der Waals surface area (Å²) in [4.78, 5) is 0. The smallest absolute Gasteiger partial charge is 0.0776 e. The number of rotatable bonds is 3. The van der Waals surface area contributed by atoms with Crippen LogP contribution in [0.4, 0.5) is 0 Å². The van der Waals surface area contributed by atoms with Crippen molar-refractivity contribution in [3.05, 3.63) is 11.6 Å². The van der Waals surface area contributed by atoms with Gasteiger partial charge in [-0.1, -0.05) is 25.3 Å². The summed E-state index contributed by atoms with van der Waals surface area (Å²) in [6.07, 6.45) is 7.45. The number of aliphatic hydroxyl groups excluding tert-OH is 2. The molecule has 0 spiro atoms. The second kappa shape index (κ2) is 5.40. The molecule has 0 radical (unpaired) electrons. The molecule has 0 aromatic rings. The highest BCUT2D eigenvalue weighted by atomic mass is 16.3. The fourth-order valence-electron chi connectivity index (χ4n) is 2.09. The fourth-order valence-corrected chi connectivity index (χ4v) is 2.09. The first-order chi connectivity index (χ1) is 6.25. The van der Waals surface area contributed by atoms with E-state index >= 15 is 0 Å². The van der Waals surface area contributed by atoms with E-state index in [1.807, 2.05) is 6.92 Å². The van der Waals surface area contributed by atoms with Gasteiger partial charge in [0.1, 0.15) is 0 Å². The normalized spacial score (nSPS) is 23.2. The van der Waals surface area contributed by atoms with E-state index in [0.717, 1.165) is 18.4 Å². The molecule has 2 N–H and O–H groups in total. The van der Waals surface area contributed by atoms with E-state index < -0.39 is 0 Å². The molecule has 13 heavy (non-hydrogen) atoms. The van der Waals surface area contributed by atoms with Gasteiger partial charge < -0.3 is 10.2 Å². The lowest BCUT2D eigenvalue weighted by atomic mass is 9.83. The molecule has 0 aromatic carbocycles. The molecule has 1 atom stereocenters. The monoisotopic (exact) mass is 184 g/mol. The highest BCUT2D eigenvalue weighted by molar-refractivity contribution is 5.06. The molecular formula is C11H20O2. The van der Waals surface area contributed by atoms with Gasteiger partial charge in [0.05, 0.1) is 12.7 Å². The highest BCUT2D eigenvalue weighted by Crippen LogP contribution is 2.29. The van der Waals surface area contributed by atoms with E-state index in [9.17, 15) is 5.11 Å². The molecule has 0 amide bonds. The maximum atomic E-state index is 9.89. The lowest BCUT2D eigenvalue weighted by Gasteiger charge is -2.27. The van der Waals surface area contributed by atoms with Crippen LogP contribution in [0.2, 0.25) is 0 Å². The summed E-state index contributed by atoms with van der Waals surface area (Å²) in [7, 11) is 0. The third kappa shape index (κ3) is 3.12. The van der Waals surface area contributed by atoms with Crippen LogP contribution < -0.4 is 0 Å². The predicted octanol–water partition coefficient (Wildman–Crippen LogP) is 1.87. The summed E-state index contributed by atoms with van der Waals surface area (Å²) in [5.74, 6) is 0.427. The Labute approximate surface area is 80.3 Å². The fraction of sp³-hybridized carbons (Fsp3) is 0.818. The molecule has 1 aliphatic rings. The van der Waals surface area contributed by atoms with Gasteiger partial charge in [-0.25, -0.2) is 0 Å².